The van der Waals surface area contributed by atoms with E-state index in [4.69, 9.17) is 23.2 Å². The zero-order chi connectivity index (χ0) is 13.7. The number of benzene rings is 1. The third-order valence-electron chi connectivity index (χ3n) is 2.44. The summed E-state index contributed by atoms with van der Waals surface area (Å²) in [6.45, 7) is 2.23. The van der Waals surface area contributed by atoms with Crippen molar-refractivity contribution in [2.24, 2.45) is 0 Å². The molecular formula is C12H13Cl2F2NO. The van der Waals surface area contributed by atoms with E-state index in [-0.39, 0.29) is 16.0 Å². The van der Waals surface area contributed by atoms with Gasteiger partial charge in [0, 0.05) is 11.9 Å². The lowest BCUT2D eigenvalue weighted by Crippen LogP contribution is -2.27. The highest BCUT2D eigenvalue weighted by Crippen LogP contribution is 2.19. The predicted octanol–water partition coefficient (Wildman–Crippen LogP) is 3.76. The molecule has 1 atom stereocenters. The molecule has 0 aliphatic heterocycles. The van der Waals surface area contributed by atoms with Crippen molar-refractivity contribution in [1.82, 2.24) is 5.32 Å². The van der Waals surface area contributed by atoms with Gasteiger partial charge in [-0.1, -0.05) is 18.5 Å². The van der Waals surface area contributed by atoms with Gasteiger partial charge in [0.25, 0.3) is 5.91 Å². The van der Waals surface area contributed by atoms with E-state index in [0.29, 0.717) is 13.0 Å². The van der Waals surface area contributed by atoms with Crippen LogP contribution in [-0.2, 0) is 0 Å². The van der Waals surface area contributed by atoms with E-state index in [9.17, 15) is 13.6 Å². The molecule has 1 aromatic carbocycles. The van der Waals surface area contributed by atoms with Crippen molar-refractivity contribution in [3.8, 4) is 0 Å². The number of nitrogens with one attached hydrogen (secondary N) is 1. The monoisotopic (exact) mass is 295 g/mol. The van der Waals surface area contributed by atoms with Gasteiger partial charge in [-0.15, -0.1) is 11.6 Å². The van der Waals surface area contributed by atoms with E-state index in [1.807, 2.05) is 6.92 Å². The molecule has 18 heavy (non-hydrogen) atoms. The third-order valence-corrected chi connectivity index (χ3v) is 3.26. The number of hydrogen-bond acceptors (Lipinski definition) is 1. The highest BCUT2D eigenvalue weighted by atomic mass is 35.5. The lowest BCUT2D eigenvalue weighted by atomic mass is 10.2. The van der Waals surface area contributed by atoms with Crippen LogP contribution >= 0.6 is 23.2 Å². The van der Waals surface area contributed by atoms with Crippen LogP contribution in [0.2, 0.25) is 5.02 Å². The summed E-state index contributed by atoms with van der Waals surface area (Å²) in [4.78, 5) is 11.6. The minimum Gasteiger partial charge on any atom is -0.352 e. The first kappa shape index (κ1) is 15.2. The molecule has 100 valence electrons. The Labute approximate surface area is 114 Å². The highest BCUT2D eigenvalue weighted by molar-refractivity contribution is 6.30. The van der Waals surface area contributed by atoms with Gasteiger partial charge in [0.1, 0.15) is 11.6 Å². The van der Waals surface area contributed by atoms with Crippen LogP contribution in [0.5, 0.6) is 0 Å². The van der Waals surface area contributed by atoms with Crippen LogP contribution in [-0.4, -0.2) is 17.8 Å². The number of halogens is 4. The van der Waals surface area contributed by atoms with E-state index in [2.05, 4.69) is 5.32 Å². The first-order valence-corrected chi connectivity index (χ1v) is 6.34. The molecule has 1 aromatic rings. The smallest absolute Gasteiger partial charge is 0.254 e. The van der Waals surface area contributed by atoms with Crippen molar-refractivity contribution >= 4 is 29.1 Å². The lowest BCUT2D eigenvalue weighted by Gasteiger charge is -2.09. The van der Waals surface area contributed by atoms with Crippen molar-refractivity contribution < 1.29 is 13.6 Å². The molecule has 0 aromatic heterocycles. The van der Waals surface area contributed by atoms with Crippen LogP contribution in [0.25, 0.3) is 0 Å². The Morgan fingerprint density at radius 1 is 1.39 bits per heavy atom. The van der Waals surface area contributed by atoms with E-state index in [1.54, 1.807) is 0 Å². The van der Waals surface area contributed by atoms with Gasteiger partial charge in [0.15, 0.2) is 0 Å². The Morgan fingerprint density at radius 3 is 2.67 bits per heavy atom. The maximum atomic E-state index is 13.4. The molecule has 0 spiro atoms. The second-order valence-electron chi connectivity index (χ2n) is 3.80. The Bertz CT molecular complexity index is 440. The van der Waals surface area contributed by atoms with Gasteiger partial charge in [0.2, 0.25) is 0 Å². The average Bonchev–Trinajstić information content (AvgIpc) is 2.33. The molecule has 0 saturated carbocycles. The molecule has 0 radical (unpaired) electrons. The van der Waals surface area contributed by atoms with Crippen molar-refractivity contribution in [1.29, 1.82) is 0 Å². The van der Waals surface area contributed by atoms with Gasteiger partial charge in [-0.3, -0.25) is 4.79 Å². The van der Waals surface area contributed by atoms with Crippen molar-refractivity contribution in [3.05, 3.63) is 34.4 Å². The number of alkyl halides is 1. The molecule has 1 amide bonds. The molecule has 0 saturated heterocycles. The lowest BCUT2D eigenvalue weighted by molar-refractivity contribution is 0.0948. The second kappa shape index (κ2) is 6.90. The molecule has 0 aliphatic rings. The topological polar surface area (TPSA) is 29.1 Å². The maximum Gasteiger partial charge on any atom is 0.254 e. The number of carbonyl (C=O) groups is 1. The Kier molecular flexibility index (Phi) is 5.82. The standard InChI is InChI=1S/C12H13Cl2F2NO/c1-2-7(13)3-4-17-12(18)8-5-11(16)9(14)6-10(8)15/h5-7H,2-4H2,1H3,(H,17,18). The van der Waals surface area contributed by atoms with Gasteiger partial charge in [0.05, 0.1) is 10.6 Å². The Balaban J connectivity index is 2.64. The minimum absolute atomic E-state index is 0.0444. The third kappa shape index (κ3) is 4.10. The van der Waals surface area contributed by atoms with E-state index in [1.165, 1.54) is 0 Å². The van der Waals surface area contributed by atoms with E-state index >= 15 is 0 Å². The van der Waals surface area contributed by atoms with Gasteiger partial charge in [-0.25, -0.2) is 8.78 Å². The summed E-state index contributed by atoms with van der Waals surface area (Å²) in [5, 5.41) is 2.08. The molecule has 6 heteroatoms. The van der Waals surface area contributed by atoms with Gasteiger partial charge in [-0.05, 0) is 25.0 Å². The number of carbonyl (C=O) groups excluding carboxylic acids is 1. The highest BCUT2D eigenvalue weighted by Gasteiger charge is 2.15. The van der Waals surface area contributed by atoms with Crippen LogP contribution < -0.4 is 5.32 Å². The zero-order valence-corrected chi connectivity index (χ0v) is 11.3. The molecule has 0 bridgehead atoms. The fraction of sp³-hybridized carbons (Fsp3) is 0.417. The Morgan fingerprint density at radius 2 is 2.06 bits per heavy atom. The van der Waals surface area contributed by atoms with Gasteiger partial charge < -0.3 is 5.32 Å². The van der Waals surface area contributed by atoms with Crippen LogP contribution in [0.15, 0.2) is 12.1 Å². The first-order valence-electron chi connectivity index (χ1n) is 5.52. The number of amides is 1. The molecular weight excluding hydrogens is 283 g/mol. The summed E-state index contributed by atoms with van der Waals surface area (Å²) in [7, 11) is 0. The Hall–Kier alpha value is -0.870. The van der Waals surface area contributed by atoms with Crippen molar-refractivity contribution in [2.75, 3.05) is 6.54 Å². The fourth-order valence-corrected chi connectivity index (χ4v) is 1.60. The molecule has 2 nitrogen and oxygen atoms in total. The summed E-state index contributed by atoms with van der Waals surface area (Å²) < 4.78 is 26.5. The maximum absolute atomic E-state index is 13.4. The number of hydrogen-bond donors (Lipinski definition) is 1. The van der Waals surface area contributed by atoms with E-state index in [0.717, 1.165) is 18.6 Å². The number of rotatable bonds is 5. The summed E-state index contributed by atoms with van der Waals surface area (Å²) in [6, 6.07) is 1.56. The molecule has 0 heterocycles. The molecule has 0 fully saturated rings. The average molecular weight is 296 g/mol. The predicted molar refractivity (Wildman–Crippen MR) is 68.3 cm³/mol. The van der Waals surface area contributed by atoms with E-state index < -0.39 is 17.5 Å². The summed E-state index contributed by atoms with van der Waals surface area (Å²) in [6.07, 6.45) is 1.35. The summed E-state index contributed by atoms with van der Waals surface area (Å²) in [5.41, 5.74) is -0.362. The normalized spacial score (nSPS) is 12.3. The van der Waals surface area contributed by atoms with Crippen LogP contribution in [0.3, 0.4) is 0 Å². The van der Waals surface area contributed by atoms with Crippen LogP contribution in [0.1, 0.15) is 30.1 Å². The molecule has 1 N–H and O–H groups in total. The molecule has 1 unspecified atom stereocenters. The SMILES string of the molecule is CCC(Cl)CCNC(=O)c1cc(F)c(Cl)cc1F. The zero-order valence-electron chi connectivity index (χ0n) is 9.77. The van der Waals surface area contributed by atoms with Crippen molar-refractivity contribution in [3.63, 3.8) is 0 Å². The molecule has 0 aliphatic carbocycles. The largest absolute Gasteiger partial charge is 0.352 e. The fourth-order valence-electron chi connectivity index (χ4n) is 1.34. The minimum atomic E-state index is -0.850. The summed E-state index contributed by atoms with van der Waals surface area (Å²) >= 11 is 11.3. The van der Waals surface area contributed by atoms with Crippen LogP contribution in [0.4, 0.5) is 8.78 Å². The van der Waals surface area contributed by atoms with Gasteiger partial charge >= 0.3 is 0 Å². The van der Waals surface area contributed by atoms with Crippen molar-refractivity contribution in [2.45, 2.75) is 25.1 Å². The van der Waals surface area contributed by atoms with Crippen LogP contribution in [0, 0.1) is 11.6 Å². The second-order valence-corrected chi connectivity index (χ2v) is 4.82. The summed E-state index contributed by atoms with van der Waals surface area (Å²) in [5.74, 6) is -2.35. The van der Waals surface area contributed by atoms with Gasteiger partial charge in [-0.2, -0.15) is 0 Å². The first-order chi connectivity index (χ1) is 8.45. The molecule has 1 rings (SSSR count). The quantitative estimate of drug-likeness (QED) is 0.650.